The summed E-state index contributed by atoms with van der Waals surface area (Å²) in [4.78, 5) is 12.1. The van der Waals surface area contributed by atoms with Crippen molar-refractivity contribution in [1.82, 2.24) is 4.57 Å². The van der Waals surface area contributed by atoms with Gasteiger partial charge in [0, 0.05) is 24.1 Å². The lowest BCUT2D eigenvalue weighted by molar-refractivity contribution is 0.0500. The maximum absolute atomic E-state index is 12.2. The minimum Gasteiger partial charge on any atom is -0.462 e. The van der Waals surface area contributed by atoms with Gasteiger partial charge in [-0.05, 0) is 37.8 Å². The number of allylic oxidation sites excluding steroid dienone is 1. The monoisotopic (exact) mass is 307 g/mol. The molecular weight excluding hydrogens is 288 g/mol. The van der Waals surface area contributed by atoms with Crippen molar-refractivity contribution in [3.05, 3.63) is 47.7 Å². The first kappa shape index (κ1) is 16.2. The highest BCUT2D eigenvalue weighted by Gasteiger charge is 2.14. The minimum atomic E-state index is -1.62. The lowest BCUT2D eigenvalue weighted by atomic mass is 10.1. The van der Waals surface area contributed by atoms with Crippen LogP contribution in [0.5, 0.6) is 0 Å². The second-order valence-electron chi connectivity index (χ2n) is 5.30. The summed E-state index contributed by atoms with van der Waals surface area (Å²) in [6.45, 7) is 1.65. The highest BCUT2D eigenvalue weighted by atomic mass is 19.3. The molecule has 22 heavy (non-hydrogen) atoms. The number of fused-ring (bicyclic) bond motifs is 1. The van der Waals surface area contributed by atoms with Crippen LogP contribution in [0, 0.1) is 0 Å². The first-order valence-corrected chi connectivity index (χ1v) is 7.22. The van der Waals surface area contributed by atoms with Gasteiger partial charge in [-0.3, -0.25) is 0 Å². The van der Waals surface area contributed by atoms with Gasteiger partial charge in [0.15, 0.2) is 0 Å². The minimum absolute atomic E-state index is 0.0976. The largest absolute Gasteiger partial charge is 0.462 e. The molecule has 0 atom stereocenters. The summed E-state index contributed by atoms with van der Waals surface area (Å²) in [7, 11) is 1.87. The molecule has 3 nitrogen and oxygen atoms in total. The summed E-state index contributed by atoms with van der Waals surface area (Å²) < 4.78 is 31.6. The molecule has 0 aliphatic rings. The average molecular weight is 307 g/mol. The van der Waals surface area contributed by atoms with E-state index in [0.29, 0.717) is 24.8 Å². The molecule has 0 bridgehead atoms. The Kier molecular flexibility index (Phi) is 5.31. The third-order valence-electron chi connectivity index (χ3n) is 3.62. The second-order valence-corrected chi connectivity index (χ2v) is 5.30. The van der Waals surface area contributed by atoms with E-state index >= 15 is 0 Å². The van der Waals surface area contributed by atoms with E-state index in [1.54, 1.807) is 6.20 Å². The van der Waals surface area contributed by atoms with Crippen LogP contribution in [-0.4, -0.2) is 17.1 Å². The zero-order valence-electron chi connectivity index (χ0n) is 12.7. The fourth-order valence-corrected chi connectivity index (χ4v) is 2.33. The Labute approximate surface area is 128 Å². The van der Waals surface area contributed by atoms with Crippen molar-refractivity contribution >= 4 is 16.9 Å². The van der Waals surface area contributed by atoms with Crippen LogP contribution in [0.25, 0.3) is 10.9 Å². The number of benzene rings is 1. The number of nitrogens with zero attached hydrogens (tertiary/aromatic N) is 1. The van der Waals surface area contributed by atoms with E-state index in [0.717, 1.165) is 10.9 Å². The molecule has 0 saturated carbocycles. The molecule has 0 amide bonds. The van der Waals surface area contributed by atoms with E-state index in [1.807, 2.05) is 35.9 Å². The molecule has 1 aromatic heterocycles. The number of aryl methyl sites for hydroxylation is 1. The molecule has 1 heterocycles. The molecular formula is C17H19F2NO2. The number of carbonyl (C=O) groups excluding carboxylic acids is 1. The lowest BCUT2D eigenvalue weighted by Gasteiger charge is -2.04. The van der Waals surface area contributed by atoms with Crippen molar-refractivity contribution in [2.75, 3.05) is 6.61 Å². The number of ether oxygens (including phenoxy) is 1. The summed E-state index contributed by atoms with van der Waals surface area (Å²) in [6.07, 6.45) is 1.60. The standard InChI is InChI=1S/C17H19F2NO2/c1-12(16(18)19)7-5-6-10-22-17(21)14-11-20(2)15-9-4-3-8-13(14)15/h3-4,8-9,11H,5-7,10H2,1-2H3. The van der Waals surface area contributed by atoms with Crippen molar-refractivity contribution in [2.45, 2.75) is 26.2 Å². The Hall–Kier alpha value is -2.17. The lowest BCUT2D eigenvalue weighted by Crippen LogP contribution is -2.06. The predicted molar refractivity (Wildman–Crippen MR) is 82.0 cm³/mol. The van der Waals surface area contributed by atoms with Gasteiger partial charge in [0.1, 0.15) is 0 Å². The van der Waals surface area contributed by atoms with Gasteiger partial charge in [0.2, 0.25) is 0 Å². The van der Waals surface area contributed by atoms with E-state index in [4.69, 9.17) is 4.74 Å². The third-order valence-corrected chi connectivity index (χ3v) is 3.62. The molecule has 1 aromatic carbocycles. The summed E-state index contributed by atoms with van der Waals surface area (Å²) in [5, 5.41) is 0.855. The Bertz CT molecular complexity index is 700. The second kappa shape index (κ2) is 7.20. The van der Waals surface area contributed by atoms with Gasteiger partial charge in [-0.15, -0.1) is 0 Å². The van der Waals surface area contributed by atoms with Crippen LogP contribution in [0.2, 0.25) is 0 Å². The summed E-state index contributed by atoms with van der Waals surface area (Å²) in [5.74, 6) is -0.374. The number of rotatable bonds is 6. The van der Waals surface area contributed by atoms with Crippen LogP contribution in [-0.2, 0) is 11.8 Å². The van der Waals surface area contributed by atoms with Gasteiger partial charge >= 0.3 is 5.97 Å². The quantitative estimate of drug-likeness (QED) is 0.573. The van der Waals surface area contributed by atoms with Crippen LogP contribution in [0.4, 0.5) is 8.78 Å². The van der Waals surface area contributed by atoms with Crippen LogP contribution in [0.15, 0.2) is 42.1 Å². The number of hydrogen-bond acceptors (Lipinski definition) is 2. The normalized spacial score (nSPS) is 10.7. The topological polar surface area (TPSA) is 31.2 Å². The number of esters is 1. The van der Waals surface area contributed by atoms with Crippen molar-refractivity contribution in [2.24, 2.45) is 7.05 Å². The maximum Gasteiger partial charge on any atom is 0.340 e. The molecule has 2 aromatic rings. The molecule has 0 N–H and O–H groups in total. The zero-order chi connectivity index (χ0) is 16.1. The molecule has 0 aliphatic carbocycles. The average Bonchev–Trinajstić information content (AvgIpc) is 2.84. The van der Waals surface area contributed by atoms with Gasteiger partial charge in [0.05, 0.1) is 12.2 Å². The smallest absolute Gasteiger partial charge is 0.340 e. The SMILES string of the molecule is CC(CCCCOC(=O)c1cn(C)c2ccccc12)=C(F)F. The molecule has 0 aliphatic heterocycles. The molecule has 2 rings (SSSR count). The molecule has 0 radical (unpaired) electrons. The van der Waals surface area contributed by atoms with Crippen LogP contribution < -0.4 is 0 Å². The molecule has 0 unspecified atom stereocenters. The predicted octanol–water partition coefficient (Wildman–Crippen LogP) is 4.68. The number of aromatic nitrogens is 1. The first-order valence-electron chi connectivity index (χ1n) is 7.22. The molecule has 5 heteroatoms. The fourth-order valence-electron chi connectivity index (χ4n) is 2.33. The van der Waals surface area contributed by atoms with Gasteiger partial charge in [-0.25, -0.2) is 4.79 Å². The Morgan fingerprint density at radius 1 is 1.23 bits per heavy atom. The van der Waals surface area contributed by atoms with Gasteiger partial charge in [-0.2, -0.15) is 8.78 Å². The maximum atomic E-state index is 12.2. The van der Waals surface area contributed by atoms with Gasteiger partial charge in [-0.1, -0.05) is 18.2 Å². The van der Waals surface area contributed by atoms with E-state index in [1.165, 1.54) is 6.92 Å². The van der Waals surface area contributed by atoms with E-state index in [2.05, 4.69) is 0 Å². The third kappa shape index (κ3) is 3.72. The highest BCUT2D eigenvalue weighted by Crippen LogP contribution is 2.21. The fraction of sp³-hybridized carbons (Fsp3) is 0.353. The molecule has 0 saturated heterocycles. The Balaban J connectivity index is 1.89. The highest BCUT2D eigenvalue weighted by molar-refractivity contribution is 6.04. The molecule has 0 spiro atoms. The van der Waals surface area contributed by atoms with E-state index in [9.17, 15) is 13.6 Å². The summed E-state index contributed by atoms with van der Waals surface area (Å²) >= 11 is 0. The van der Waals surface area contributed by atoms with E-state index in [-0.39, 0.29) is 18.1 Å². The number of para-hydroxylation sites is 1. The van der Waals surface area contributed by atoms with Crippen molar-refractivity contribution < 1.29 is 18.3 Å². The van der Waals surface area contributed by atoms with Crippen molar-refractivity contribution in [3.63, 3.8) is 0 Å². The van der Waals surface area contributed by atoms with Gasteiger partial charge < -0.3 is 9.30 Å². The number of unbranched alkanes of at least 4 members (excludes halogenated alkanes) is 1. The number of halogens is 2. The van der Waals surface area contributed by atoms with E-state index < -0.39 is 6.08 Å². The van der Waals surface area contributed by atoms with Crippen LogP contribution in [0.3, 0.4) is 0 Å². The van der Waals surface area contributed by atoms with Gasteiger partial charge in [0.25, 0.3) is 6.08 Å². The Morgan fingerprint density at radius 2 is 1.95 bits per heavy atom. The Morgan fingerprint density at radius 3 is 2.68 bits per heavy atom. The number of carbonyl (C=O) groups is 1. The number of hydrogen-bond donors (Lipinski definition) is 0. The molecule has 118 valence electrons. The zero-order valence-corrected chi connectivity index (χ0v) is 12.7. The van der Waals surface area contributed by atoms with Crippen LogP contribution >= 0.6 is 0 Å². The summed E-state index contributed by atoms with van der Waals surface area (Å²) in [6, 6.07) is 7.61. The summed E-state index contributed by atoms with van der Waals surface area (Å²) in [5.41, 5.74) is 1.60. The van der Waals surface area contributed by atoms with Crippen molar-refractivity contribution in [3.8, 4) is 0 Å². The first-order chi connectivity index (χ1) is 10.5. The van der Waals surface area contributed by atoms with Crippen LogP contribution in [0.1, 0.15) is 36.5 Å². The molecule has 0 fully saturated rings. The van der Waals surface area contributed by atoms with Crippen molar-refractivity contribution in [1.29, 1.82) is 0 Å².